The van der Waals surface area contributed by atoms with Crippen LogP contribution in [0.1, 0.15) is 12.0 Å². The lowest BCUT2D eigenvalue weighted by Crippen LogP contribution is -2.34. The zero-order chi connectivity index (χ0) is 15.5. The fourth-order valence-corrected chi connectivity index (χ4v) is 4.28. The van der Waals surface area contributed by atoms with Crippen molar-refractivity contribution in [2.24, 2.45) is 5.92 Å². The molecule has 1 aromatic rings. The average molecular weight is 331 g/mol. The Bertz CT molecular complexity index is 631. The molecule has 1 saturated heterocycles. The minimum atomic E-state index is -2.89. The Kier molecular flexibility index (Phi) is 5.11. The van der Waals surface area contributed by atoms with E-state index in [-0.39, 0.29) is 29.9 Å². The van der Waals surface area contributed by atoms with Gasteiger partial charge in [-0.15, -0.1) is 0 Å². The Morgan fingerprint density at radius 1 is 1.43 bits per heavy atom. The van der Waals surface area contributed by atoms with E-state index in [1.54, 1.807) is 6.07 Å². The summed E-state index contributed by atoms with van der Waals surface area (Å²) in [5.74, 6) is 0.283. The van der Waals surface area contributed by atoms with Crippen LogP contribution < -0.4 is 10.6 Å². The van der Waals surface area contributed by atoms with E-state index in [0.29, 0.717) is 18.0 Å². The molecule has 1 fully saturated rings. The Balaban J connectivity index is 1.74. The van der Waals surface area contributed by atoms with Gasteiger partial charge in [0.2, 0.25) is 5.91 Å². The zero-order valence-corrected chi connectivity index (χ0v) is 13.4. The van der Waals surface area contributed by atoms with E-state index in [9.17, 15) is 13.2 Å². The number of rotatable bonds is 5. The molecule has 0 radical (unpaired) electrons. The summed E-state index contributed by atoms with van der Waals surface area (Å²) in [5.41, 5.74) is 1.76. The molecular weight excluding hydrogens is 312 g/mol. The third-order valence-electron chi connectivity index (χ3n) is 3.54. The lowest BCUT2D eigenvalue weighted by molar-refractivity contribution is -0.119. The number of carbonyl (C=O) groups excluding carboxylic acids is 1. The van der Waals surface area contributed by atoms with E-state index >= 15 is 0 Å². The second-order valence-corrected chi connectivity index (χ2v) is 8.03. The molecule has 0 aromatic heterocycles. The highest BCUT2D eigenvalue weighted by Crippen LogP contribution is 2.20. The van der Waals surface area contributed by atoms with Crippen molar-refractivity contribution in [2.75, 3.05) is 29.9 Å². The van der Waals surface area contributed by atoms with Gasteiger partial charge in [-0.1, -0.05) is 17.7 Å². The van der Waals surface area contributed by atoms with E-state index in [0.717, 1.165) is 11.3 Å². The van der Waals surface area contributed by atoms with Crippen molar-refractivity contribution >= 4 is 33.0 Å². The number of halogens is 1. The summed E-state index contributed by atoms with van der Waals surface area (Å²) in [6.07, 6.45) is 0.629. The van der Waals surface area contributed by atoms with Crippen LogP contribution in [-0.4, -0.2) is 38.9 Å². The largest absolute Gasteiger partial charge is 0.376 e. The predicted molar refractivity (Wildman–Crippen MR) is 84.4 cm³/mol. The topological polar surface area (TPSA) is 75.3 Å². The lowest BCUT2D eigenvalue weighted by atomic mass is 10.1. The maximum Gasteiger partial charge on any atom is 0.239 e. The Labute approximate surface area is 130 Å². The van der Waals surface area contributed by atoms with E-state index < -0.39 is 9.84 Å². The van der Waals surface area contributed by atoms with Gasteiger partial charge in [0.1, 0.15) is 0 Å². The third kappa shape index (κ3) is 4.89. The number of hydrogen-bond acceptors (Lipinski definition) is 4. The summed E-state index contributed by atoms with van der Waals surface area (Å²) in [5, 5.41) is 6.40. The second kappa shape index (κ2) is 6.66. The van der Waals surface area contributed by atoms with Gasteiger partial charge in [-0.2, -0.15) is 0 Å². The maximum atomic E-state index is 11.7. The number of amides is 1. The Morgan fingerprint density at radius 2 is 2.19 bits per heavy atom. The van der Waals surface area contributed by atoms with Gasteiger partial charge in [0.15, 0.2) is 9.84 Å². The van der Waals surface area contributed by atoms with Crippen LogP contribution in [0.5, 0.6) is 0 Å². The first-order chi connectivity index (χ1) is 9.85. The first-order valence-electron chi connectivity index (χ1n) is 6.83. The Hall–Kier alpha value is -1.27. The molecule has 0 aliphatic carbocycles. The standard InChI is InChI=1S/C14H19ClN2O3S/c1-10-2-3-12(6-13(10)15)16-8-14(18)17-7-11-4-5-21(19,20)9-11/h2-3,6,11,16H,4-5,7-9H2,1H3,(H,17,18)/t11-/m1/s1. The molecular formula is C14H19ClN2O3S. The molecule has 116 valence electrons. The van der Waals surface area contributed by atoms with Crippen molar-refractivity contribution in [3.8, 4) is 0 Å². The average Bonchev–Trinajstić information content (AvgIpc) is 2.77. The smallest absolute Gasteiger partial charge is 0.239 e. The number of anilines is 1. The summed E-state index contributed by atoms with van der Waals surface area (Å²) in [7, 11) is -2.89. The Morgan fingerprint density at radius 3 is 2.81 bits per heavy atom. The molecule has 1 atom stereocenters. The normalized spacial score (nSPS) is 20.2. The SMILES string of the molecule is Cc1ccc(NCC(=O)NC[C@H]2CCS(=O)(=O)C2)cc1Cl. The van der Waals surface area contributed by atoms with Gasteiger partial charge in [-0.25, -0.2) is 8.42 Å². The van der Waals surface area contributed by atoms with E-state index in [2.05, 4.69) is 10.6 Å². The molecule has 21 heavy (non-hydrogen) atoms. The molecule has 0 bridgehead atoms. The van der Waals surface area contributed by atoms with Gasteiger partial charge in [-0.3, -0.25) is 4.79 Å². The van der Waals surface area contributed by atoms with Crippen molar-refractivity contribution in [1.29, 1.82) is 0 Å². The number of aryl methyl sites for hydroxylation is 1. The molecule has 1 amide bonds. The summed E-state index contributed by atoms with van der Waals surface area (Å²) >= 11 is 6.01. The van der Waals surface area contributed by atoms with E-state index in [1.165, 1.54) is 0 Å². The maximum absolute atomic E-state index is 11.7. The quantitative estimate of drug-likeness (QED) is 0.860. The molecule has 2 N–H and O–H groups in total. The van der Waals surface area contributed by atoms with Crippen LogP contribution in [0.4, 0.5) is 5.69 Å². The van der Waals surface area contributed by atoms with Crippen molar-refractivity contribution in [1.82, 2.24) is 5.32 Å². The molecule has 7 heteroatoms. The van der Waals surface area contributed by atoms with Crippen molar-refractivity contribution in [2.45, 2.75) is 13.3 Å². The van der Waals surface area contributed by atoms with Gasteiger partial charge < -0.3 is 10.6 Å². The highest BCUT2D eigenvalue weighted by molar-refractivity contribution is 7.91. The first-order valence-corrected chi connectivity index (χ1v) is 9.03. The van der Waals surface area contributed by atoms with Crippen molar-refractivity contribution in [3.63, 3.8) is 0 Å². The third-order valence-corrected chi connectivity index (χ3v) is 5.78. The van der Waals surface area contributed by atoms with Crippen LogP contribution >= 0.6 is 11.6 Å². The van der Waals surface area contributed by atoms with Gasteiger partial charge in [-0.05, 0) is 37.0 Å². The predicted octanol–water partition coefficient (Wildman–Crippen LogP) is 1.61. The van der Waals surface area contributed by atoms with E-state index in [1.807, 2.05) is 19.1 Å². The summed E-state index contributed by atoms with van der Waals surface area (Å²) in [6, 6.07) is 5.51. The minimum absolute atomic E-state index is 0.0350. The van der Waals surface area contributed by atoms with Crippen LogP contribution in [-0.2, 0) is 14.6 Å². The molecule has 0 saturated carbocycles. The molecule has 5 nitrogen and oxygen atoms in total. The second-order valence-electron chi connectivity index (χ2n) is 5.39. The van der Waals surface area contributed by atoms with Crippen molar-refractivity contribution < 1.29 is 13.2 Å². The van der Waals surface area contributed by atoms with Crippen LogP contribution in [0.2, 0.25) is 5.02 Å². The minimum Gasteiger partial charge on any atom is -0.376 e. The van der Waals surface area contributed by atoms with Gasteiger partial charge in [0, 0.05) is 17.3 Å². The molecule has 1 aliphatic rings. The number of sulfone groups is 1. The number of benzene rings is 1. The van der Waals surface area contributed by atoms with Crippen LogP contribution in [0, 0.1) is 12.8 Å². The van der Waals surface area contributed by atoms with Gasteiger partial charge in [0.25, 0.3) is 0 Å². The number of carbonyl (C=O) groups is 1. The molecule has 1 aliphatic heterocycles. The highest BCUT2D eigenvalue weighted by Gasteiger charge is 2.27. The molecule has 2 rings (SSSR count). The van der Waals surface area contributed by atoms with Gasteiger partial charge in [0.05, 0.1) is 18.1 Å². The molecule has 0 spiro atoms. The highest BCUT2D eigenvalue weighted by atomic mass is 35.5. The fourth-order valence-electron chi connectivity index (χ4n) is 2.24. The number of nitrogens with one attached hydrogen (secondary N) is 2. The van der Waals surface area contributed by atoms with Crippen LogP contribution in [0.15, 0.2) is 18.2 Å². The van der Waals surface area contributed by atoms with Crippen LogP contribution in [0.25, 0.3) is 0 Å². The molecule has 1 aromatic carbocycles. The van der Waals surface area contributed by atoms with Gasteiger partial charge >= 0.3 is 0 Å². The summed E-state index contributed by atoms with van der Waals surface area (Å²) < 4.78 is 22.6. The summed E-state index contributed by atoms with van der Waals surface area (Å²) in [6.45, 7) is 2.46. The zero-order valence-electron chi connectivity index (χ0n) is 11.9. The van der Waals surface area contributed by atoms with E-state index in [4.69, 9.17) is 11.6 Å². The fraction of sp³-hybridized carbons (Fsp3) is 0.500. The lowest BCUT2D eigenvalue weighted by Gasteiger charge is -2.11. The molecule has 0 unspecified atom stereocenters. The summed E-state index contributed by atoms with van der Waals surface area (Å²) in [4.78, 5) is 11.7. The monoisotopic (exact) mass is 330 g/mol. The van der Waals surface area contributed by atoms with Crippen LogP contribution in [0.3, 0.4) is 0 Å². The number of hydrogen-bond donors (Lipinski definition) is 2. The molecule has 1 heterocycles. The first kappa shape index (κ1) is 16.1. The van der Waals surface area contributed by atoms with Crippen molar-refractivity contribution in [3.05, 3.63) is 28.8 Å².